The summed E-state index contributed by atoms with van der Waals surface area (Å²) in [5.41, 5.74) is 2.80. The number of hydrogen-bond donors (Lipinski definition) is 1. The minimum absolute atomic E-state index is 0.0265. The van der Waals surface area contributed by atoms with E-state index in [1.165, 1.54) is 0 Å². The third kappa shape index (κ3) is 3.07. The Labute approximate surface area is 110 Å². The maximum Gasteiger partial charge on any atom is 0.245 e. The first-order valence-electron chi connectivity index (χ1n) is 6.16. The smallest absolute Gasteiger partial charge is 0.245 e. The summed E-state index contributed by atoms with van der Waals surface area (Å²) < 4.78 is 0. The van der Waals surface area contributed by atoms with Crippen molar-refractivity contribution in [2.24, 2.45) is 0 Å². The molecule has 2 amide bonds. The zero-order valence-corrected chi connectivity index (χ0v) is 11.2. The minimum atomic E-state index is -0.365. The summed E-state index contributed by atoms with van der Waals surface area (Å²) in [5, 5.41) is 4.75. The standard InChI is InChI=1S/C12H17N3O2S/c1-2-10-12(17)15(6-4-11(16)14-10)5-3-9-7-18-8-13-9/h7-8,10H,2-6H2,1H3,(H,14,16). The van der Waals surface area contributed by atoms with E-state index in [0.717, 1.165) is 12.1 Å². The molecule has 5 nitrogen and oxygen atoms in total. The molecule has 1 N–H and O–H groups in total. The molecule has 0 bridgehead atoms. The van der Waals surface area contributed by atoms with Crippen LogP contribution < -0.4 is 5.32 Å². The molecule has 1 aliphatic heterocycles. The zero-order valence-electron chi connectivity index (χ0n) is 10.4. The molecule has 1 atom stereocenters. The third-order valence-corrected chi connectivity index (χ3v) is 3.72. The molecule has 1 unspecified atom stereocenters. The van der Waals surface area contributed by atoms with Crippen molar-refractivity contribution in [1.82, 2.24) is 15.2 Å². The first-order chi connectivity index (χ1) is 8.70. The van der Waals surface area contributed by atoms with Crippen molar-refractivity contribution in [2.45, 2.75) is 32.2 Å². The van der Waals surface area contributed by atoms with E-state index in [9.17, 15) is 9.59 Å². The normalized spacial score (nSPS) is 20.7. The number of carbonyl (C=O) groups is 2. The topological polar surface area (TPSA) is 62.3 Å². The Morgan fingerprint density at radius 2 is 2.39 bits per heavy atom. The van der Waals surface area contributed by atoms with Gasteiger partial charge < -0.3 is 10.2 Å². The van der Waals surface area contributed by atoms with Crippen molar-refractivity contribution in [2.75, 3.05) is 13.1 Å². The highest BCUT2D eigenvalue weighted by molar-refractivity contribution is 7.07. The lowest BCUT2D eigenvalue weighted by atomic mass is 10.2. The molecule has 0 saturated carbocycles. The van der Waals surface area contributed by atoms with Gasteiger partial charge in [-0.05, 0) is 6.42 Å². The second-order valence-corrected chi connectivity index (χ2v) is 5.05. The fraction of sp³-hybridized carbons (Fsp3) is 0.583. The van der Waals surface area contributed by atoms with Crippen molar-refractivity contribution in [3.05, 3.63) is 16.6 Å². The van der Waals surface area contributed by atoms with E-state index in [0.29, 0.717) is 25.9 Å². The molecule has 98 valence electrons. The predicted octanol–water partition coefficient (Wildman–Crippen LogP) is 0.813. The quantitative estimate of drug-likeness (QED) is 0.878. The van der Waals surface area contributed by atoms with Crippen molar-refractivity contribution in [1.29, 1.82) is 0 Å². The molecule has 1 aliphatic rings. The number of hydrogen-bond acceptors (Lipinski definition) is 4. The monoisotopic (exact) mass is 267 g/mol. The summed E-state index contributed by atoms with van der Waals surface area (Å²) in [7, 11) is 0. The molecule has 2 rings (SSSR count). The van der Waals surface area contributed by atoms with Crippen molar-refractivity contribution in [3.63, 3.8) is 0 Å². The predicted molar refractivity (Wildman–Crippen MR) is 69.2 cm³/mol. The summed E-state index contributed by atoms with van der Waals surface area (Å²) in [6.07, 6.45) is 1.77. The summed E-state index contributed by atoms with van der Waals surface area (Å²) in [5.74, 6) is -0.00932. The Morgan fingerprint density at radius 3 is 3.06 bits per heavy atom. The number of thiazole rings is 1. The number of aromatic nitrogens is 1. The molecule has 0 aromatic carbocycles. The Morgan fingerprint density at radius 1 is 1.56 bits per heavy atom. The largest absolute Gasteiger partial charge is 0.344 e. The Kier molecular flexibility index (Phi) is 4.30. The SMILES string of the molecule is CCC1NC(=O)CCN(CCc2cscn2)C1=O. The highest BCUT2D eigenvalue weighted by Crippen LogP contribution is 2.09. The first kappa shape index (κ1) is 13.0. The lowest BCUT2D eigenvalue weighted by molar-refractivity contribution is -0.133. The maximum atomic E-state index is 12.2. The second kappa shape index (κ2) is 5.95. The van der Waals surface area contributed by atoms with Gasteiger partial charge in [-0.25, -0.2) is 4.98 Å². The van der Waals surface area contributed by atoms with Gasteiger partial charge >= 0.3 is 0 Å². The van der Waals surface area contributed by atoms with E-state index in [1.807, 2.05) is 12.3 Å². The number of nitrogens with zero attached hydrogens (tertiary/aromatic N) is 2. The van der Waals surface area contributed by atoms with E-state index in [2.05, 4.69) is 10.3 Å². The summed E-state index contributed by atoms with van der Waals surface area (Å²) in [6, 6.07) is -0.365. The van der Waals surface area contributed by atoms with Crippen LogP contribution in [0.2, 0.25) is 0 Å². The molecule has 0 radical (unpaired) electrons. The van der Waals surface area contributed by atoms with Gasteiger partial charge in [-0.15, -0.1) is 11.3 Å². The first-order valence-corrected chi connectivity index (χ1v) is 7.10. The lowest BCUT2D eigenvalue weighted by Crippen LogP contribution is -2.44. The second-order valence-electron chi connectivity index (χ2n) is 4.33. The summed E-state index contributed by atoms with van der Waals surface area (Å²) in [6.45, 7) is 3.05. The van der Waals surface area contributed by atoms with Crippen LogP contribution in [0.5, 0.6) is 0 Å². The van der Waals surface area contributed by atoms with Crippen molar-refractivity contribution in [3.8, 4) is 0 Å². The molecule has 1 fully saturated rings. The van der Waals surface area contributed by atoms with E-state index in [4.69, 9.17) is 0 Å². The van der Waals surface area contributed by atoms with Crippen LogP contribution in [0.15, 0.2) is 10.9 Å². The lowest BCUT2D eigenvalue weighted by Gasteiger charge is -2.22. The highest BCUT2D eigenvalue weighted by Gasteiger charge is 2.28. The van der Waals surface area contributed by atoms with Gasteiger partial charge in [0.15, 0.2) is 0 Å². The molecular formula is C12H17N3O2S. The van der Waals surface area contributed by atoms with Gasteiger partial charge in [0.2, 0.25) is 11.8 Å². The van der Waals surface area contributed by atoms with Crippen LogP contribution in [0.25, 0.3) is 0 Å². The van der Waals surface area contributed by atoms with Gasteiger partial charge in [0.1, 0.15) is 6.04 Å². The van der Waals surface area contributed by atoms with Crippen LogP contribution in [0.3, 0.4) is 0 Å². The Balaban J connectivity index is 1.97. The molecule has 6 heteroatoms. The number of amides is 2. The average molecular weight is 267 g/mol. The molecular weight excluding hydrogens is 250 g/mol. The average Bonchev–Trinajstić information content (AvgIpc) is 2.83. The number of rotatable bonds is 4. The number of carbonyl (C=O) groups excluding carboxylic acids is 2. The molecule has 0 spiro atoms. The van der Waals surface area contributed by atoms with Crippen LogP contribution >= 0.6 is 11.3 Å². The minimum Gasteiger partial charge on any atom is -0.344 e. The van der Waals surface area contributed by atoms with E-state index >= 15 is 0 Å². The van der Waals surface area contributed by atoms with Crippen LogP contribution in [-0.4, -0.2) is 40.8 Å². The van der Waals surface area contributed by atoms with Crippen molar-refractivity contribution < 1.29 is 9.59 Å². The molecule has 0 aliphatic carbocycles. The molecule has 1 aromatic rings. The van der Waals surface area contributed by atoms with Gasteiger partial charge in [-0.2, -0.15) is 0 Å². The van der Waals surface area contributed by atoms with E-state index in [1.54, 1.807) is 21.7 Å². The summed E-state index contributed by atoms with van der Waals surface area (Å²) >= 11 is 1.56. The van der Waals surface area contributed by atoms with Gasteiger partial charge in [0.05, 0.1) is 11.2 Å². The van der Waals surface area contributed by atoms with Gasteiger partial charge in [0.25, 0.3) is 0 Å². The van der Waals surface area contributed by atoms with E-state index in [-0.39, 0.29) is 17.9 Å². The van der Waals surface area contributed by atoms with Crippen LogP contribution in [-0.2, 0) is 16.0 Å². The molecule has 2 heterocycles. The fourth-order valence-corrected chi connectivity index (χ4v) is 2.60. The third-order valence-electron chi connectivity index (χ3n) is 3.08. The van der Waals surface area contributed by atoms with Gasteiger partial charge in [0, 0.05) is 31.3 Å². The molecule has 18 heavy (non-hydrogen) atoms. The summed E-state index contributed by atoms with van der Waals surface area (Å²) in [4.78, 5) is 29.6. The molecule has 1 saturated heterocycles. The zero-order chi connectivity index (χ0) is 13.0. The van der Waals surface area contributed by atoms with Crippen LogP contribution in [0.4, 0.5) is 0 Å². The molecule has 1 aromatic heterocycles. The van der Waals surface area contributed by atoms with Crippen LogP contribution in [0, 0.1) is 0 Å². The van der Waals surface area contributed by atoms with E-state index < -0.39 is 0 Å². The maximum absolute atomic E-state index is 12.2. The Bertz CT molecular complexity index is 419. The number of nitrogens with one attached hydrogen (secondary N) is 1. The van der Waals surface area contributed by atoms with Crippen molar-refractivity contribution >= 4 is 23.2 Å². The van der Waals surface area contributed by atoms with Crippen LogP contribution in [0.1, 0.15) is 25.5 Å². The highest BCUT2D eigenvalue weighted by atomic mass is 32.1. The Hall–Kier alpha value is -1.43. The van der Waals surface area contributed by atoms with Gasteiger partial charge in [-0.3, -0.25) is 9.59 Å². The van der Waals surface area contributed by atoms with Gasteiger partial charge in [-0.1, -0.05) is 6.92 Å². The fourth-order valence-electron chi connectivity index (χ4n) is 2.00.